The molecule has 0 aliphatic rings. The Labute approximate surface area is 100 Å². The van der Waals surface area contributed by atoms with Gasteiger partial charge in [0.1, 0.15) is 0 Å². The topological polar surface area (TPSA) is 17.8 Å². The van der Waals surface area contributed by atoms with Crippen molar-refractivity contribution in [2.75, 3.05) is 0 Å². The van der Waals surface area contributed by atoms with Gasteiger partial charge < -0.3 is 4.57 Å². The monoisotopic (exact) mass is 264 g/mol. The van der Waals surface area contributed by atoms with E-state index in [2.05, 4.69) is 30.1 Å². The zero-order chi connectivity index (χ0) is 9.80. The summed E-state index contributed by atoms with van der Waals surface area (Å²) in [6.07, 6.45) is 7.65. The molecular weight excluding hydrogens is 252 g/mol. The van der Waals surface area contributed by atoms with E-state index in [4.69, 9.17) is 0 Å². The molecule has 2 rings (SSSR count). The Morgan fingerprint density at radius 2 is 2.00 bits per heavy atom. The number of allylic oxidation sites excluding steroid dienone is 1. The first-order valence-corrected chi connectivity index (χ1v) is 4.58. The number of halogens is 1. The molecule has 0 spiro atoms. The van der Waals surface area contributed by atoms with Crippen molar-refractivity contribution in [2.45, 2.75) is 6.92 Å². The summed E-state index contributed by atoms with van der Waals surface area (Å²) in [5, 5.41) is 0. The van der Waals surface area contributed by atoms with E-state index in [1.54, 1.807) is 12.5 Å². The van der Waals surface area contributed by atoms with E-state index in [9.17, 15) is 0 Å². The summed E-state index contributed by atoms with van der Waals surface area (Å²) in [6, 6.07) is 10.3. The maximum Gasteiger partial charge on any atom is 0.0989 e. The van der Waals surface area contributed by atoms with E-state index < -0.39 is 0 Å². The summed E-state index contributed by atoms with van der Waals surface area (Å²) in [6.45, 7) is 2.06. The first-order chi connectivity index (χ1) is 6.86. The molecule has 0 saturated heterocycles. The summed E-state index contributed by atoms with van der Waals surface area (Å²) >= 11 is 0. The van der Waals surface area contributed by atoms with Crippen molar-refractivity contribution >= 4 is 28.8 Å². The van der Waals surface area contributed by atoms with Gasteiger partial charge in [-0.2, -0.15) is 0 Å². The zero-order valence-electron chi connectivity index (χ0n) is 8.50. The number of aromatic nitrogens is 2. The Hall–Kier alpha value is -1.35. The average molecular weight is 265 g/mol. The lowest BCUT2D eigenvalue weighted by molar-refractivity contribution is 1.08. The minimum atomic E-state index is 0. The largest absolute Gasteiger partial charge is 0.310 e. The molecule has 0 saturated carbocycles. The summed E-state index contributed by atoms with van der Waals surface area (Å²) in [5.74, 6) is 0. The van der Waals surface area contributed by atoms with Crippen molar-refractivity contribution < 1.29 is 0 Å². The molecule has 78 valence electrons. The zero-order valence-corrected chi connectivity index (χ0v) is 10.2. The van der Waals surface area contributed by atoms with E-state index in [1.165, 1.54) is 5.56 Å². The molecule has 2 aromatic rings. The van der Waals surface area contributed by atoms with Crippen LogP contribution < -0.4 is 0 Å². The second kappa shape index (κ2) is 5.51. The fraction of sp³-hybridized carbons (Fsp3) is 0.0833. The molecule has 0 atom stereocenters. The molecule has 0 aliphatic carbocycles. The van der Waals surface area contributed by atoms with Crippen LogP contribution in [0.1, 0.15) is 12.5 Å². The molecule has 1 aromatic heterocycles. The lowest BCUT2D eigenvalue weighted by atomic mass is 10.2. The molecule has 0 unspecified atom stereocenters. The van der Waals surface area contributed by atoms with Gasteiger partial charge in [-0.25, -0.2) is 4.98 Å². The number of benzene rings is 1. The van der Waals surface area contributed by atoms with Crippen LogP contribution in [0.25, 0.3) is 11.8 Å². The van der Waals surface area contributed by atoms with Gasteiger partial charge in [0.2, 0.25) is 0 Å². The Morgan fingerprint density at radius 3 is 2.60 bits per heavy atom. The molecule has 1 aromatic carbocycles. The van der Waals surface area contributed by atoms with Crippen LogP contribution in [0.2, 0.25) is 0 Å². The highest BCUT2D eigenvalue weighted by molar-refractivity contribution is 8.93. The minimum Gasteiger partial charge on any atom is -0.310 e. The summed E-state index contributed by atoms with van der Waals surface area (Å²) in [4.78, 5) is 4.01. The molecule has 0 bridgehead atoms. The Morgan fingerprint density at radius 1 is 1.27 bits per heavy atom. The fourth-order valence-corrected chi connectivity index (χ4v) is 1.33. The molecule has 0 fully saturated rings. The molecule has 15 heavy (non-hydrogen) atoms. The maximum absolute atomic E-state index is 4.01. The molecule has 0 N–H and O–H groups in total. The maximum atomic E-state index is 4.01. The highest BCUT2D eigenvalue weighted by Gasteiger charge is 1.92. The smallest absolute Gasteiger partial charge is 0.0989 e. The highest BCUT2D eigenvalue weighted by atomic mass is 79.9. The minimum absolute atomic E-state index is 0. The SMILES string of the molecule is Br.CC(=Cc1ccccc1)n1ccnc1. The standard InChI is InChI=1S/C12H12N2.BrH/c1-11(14-8-7-13-10-14)9-12-5-3-2-4-6-12;/h2-10H,1H3;1H. The Bertz CT molecular complexity index is 418. The van der Waals surface area contributed by atoms with Crippen LogP contribution in [0.4, 0.5) is 0 Å². The molecular formula is C12H13BrN2. The van der Waals surface area contributed by atoms with Crippen molar-refractivity contribution in [3.8, 4) is 0 Å². The van der Waals surface area contributed by atoms with Crippen molar-refractivity contribution in [3.05, 3.63) is 54.6 Å². The highest BCUT2D eigenvalue weighted by Crippen LogP contribution is 2.09. The van der Waals surface area contributed by atoms with Gasteiger partial charge in [-0.3, -0.25) is 0 Å². The van der Waals surface area contributed by atoms with E-state index in [0.29, 0.717) is 0 Å². The van der Waals surface area contributed by atoms with Crippen LogP contribution in [0, 0.1) is 0 Å². The van der Waals surface area contributed by atoms with E-state index in [0.717, 1.165) is 5.70 Å². The summed E-state index contributed by atoms with van der Waals surface area (Å²) in [5.41, 5.74) is 2.37. The molecule has 0 radical (unpaired) electrons. The average Bonchev–Trinajstić information content (AvgIpc) is 2.72. The van der Waals surface area contributed by atoms with Crippen LogP contribution in [0.3, 0.4) is 0 Å². The number of hydrogen-bond acceptors (Lipinski definition) is 1. The van der Waals surface area contributed by atoms with Crippen molar-refractivity contribution in [2.24, 2.45) is 0 Å². The first-order valence-electron chi connectivity index (χ1n) is 4.58. The van der Waals surface area contributed by atoms with Crippen molar-refractivity contribution in [1.82, 2.24) is 9.55 Å². The van der Waals surface area contributed by atoms with E-state index in [-0.39, 0.29) is 17.0 Å². The molecule has 0 amide bonds. The van der Waals surface area contributed by atoms with Crippen molar-refractivity contribution in [3.63, 3.8) is 0 Å². The van der Waals surface area contributed by atoms with Crippen LogP contribution in [0.15, 0.2) is 49.1 Å². The van der Waals surface area contributed by atoms with Crippen molar-refractivity contribution in [1.29, 1.82) is 0 Å². The predicted octanol–water partition coefficient (Wildman–Crippen LogP) is 3.48. The number of rotatable bonds is 2. The first kappa shape index (κ1) is 11.7. The van der Waals surface area contributed by atoms with Gasteiger partial charge in [0.05, 0.1) is 6.33 Å². The third kappa shape index (κ3) is 3.06. The molecule has 2 nitrogen and oxygen atoms in total. The normalized spacial score (nSPS) is 10.9. The lowest BCUT2D eigenvalue weighted by Crippen LogP contribution is -1.87. The molecule has 1 heterocycles. The van der Waals surface area contributed by atoms with Gasteiger partial charge >= 0.3 is 0 Å². The number of nitrogens with zero attached hydrogens (tertiary/aromatic N) is 2. The van der Waals surface area contributed by atoms with Gasteiger partial charge in [0.25, 0.3) is 0 Å². The quantitative estimate of drug-likeness (QED) is 0.812. The van der Waals surface area contributed by atoms with Gasteiger partial charge in [-0.15, -0.1) is 17.0 Å². The van der Waals surface area contributed by atoms with E-state index in [1.807, 2.05) is 29.0 Å². The second-order valence-corrected chi connectivity index (χ2v) is 3.17. The van der Waals surface area contributed by atoms with E-state index >= 15 is 0 Å². The Kier molecular flexibility index (Phi) is 4.31. The molecule has 0 aliphatic heterocycles. The fourth-order valence-electron chi connectivity index (χ4n) is 1.33. The van der Waals surface area contributed by atoms with Crippen LogP contribution in [0.5, 0.6) is 0 Å². The summed E-state index contributed by atoms with van der Waals surface area (Å²) < 4.78 is 1.99. The third-order valence-corrected chi connectivity index (χ3v) is 2.09. The Balaban J connectivity index is 0.00000112. The predicted molar refractivity (Wildman–Crippen MR) is 68.8 cm³/mol. The lowest BCUT2D eigenvalue weighted by Gasteiger charge is -2.01. The van der Waals surface area contributed by atoms with Crippen LogP contribution in [-0.4, -0.2) is 9.55 Å². The number of imidazole rings is 1. The molecule has 3 heteroatoms. The third-order valence-electron chi connectivity index (χ3n) is 2.09. The van der Waals surface area contributed by atoms with Gasteiger partial charge in [-0.05, 0) is 18.6 Å². The van der Waals surface area contributed by atoms with Gasteiger partial charge in [-0.1, -0.05) is 30.3 Å². The second-order valence-electron chi connectivity index (χ2n) is 3.17. The number of hydrogen-bond donors (Lipinski definition) is 0. The van der Waals surface area contributed by atoms with Gasteiger partial charge in [0.15, 0.2) is 0 Å². The van der Waals surface area contributed by atoms with Crippen LogP contribution >= 0.6 is 17.0 Å². The summed E-state index contributed by atoms with van der Waals surface area (Å²) in [7, 11) is 0. The van der Waals surface area contributed by atoms with Crippen LogP contribution in [-0.2, 0) is 0 Å². The van der Waals surface area contributed by atoms with Gasteiger partial charge in [0, 0.05) is 18.1 Å².